The molecule has 1 N–H and O–H groups in total. The summed E-state index contributed by atoms with van der Waals surface area (Å²) in [5.74, 6) is -0.225. The van der Waals surface area contributed by atoms with Gasteiger partial charge in [-0.2, -0.15) is 0 Å². The van der Waals surface area contributed by atoms with Gasteiger partial charge in [-0.25, -0.2) is 4.39 Å². The zero-order valence-corrected chi connectivity index (χ0v) is 15.7. The molecule has 0 saturated heterocycles. The molecule has 0 aliphatic heterocycles. The van der Waals surface area contributed by atoms with E-state index in [-0.39, 0.29) is 12.4 Å². The maximum atomic E-state index is 14.1. The van der Waals surface area contributed by atoms with Crippen LogP contribution < -0.4 is 0 Å². The first-order chi connectivity index (χ1) is 12.5. The number of rotatable bonds is 7. The number of aliphatic hydroxyl groups is 1. The van der Waals surface area contributed by atoms with Crippen LogP contribution >= 0.6 is 0 Å². The maximum Gasteiger partial charge on any atom is 0.145 e. The van der Waals surface area contributed by atoms with Crippen LogP contribution in [0.4, 0.5) is 4.39 Å². The normalized spacial score (nSPS) is 10.0. The molecule has 4 heteroatoms. The Morgan fingerprint density at radius 2 is 1.92 bits per heavy atom. The molecule has 0 bridgehead atoms. The topological polar surface area (TPSA) is 46.5 Å². The van der Waals surface area contributed by atoms with Crippen LogP contribution in [0.2, 0.25) is 0 Å². The molecule has 0 saturated carbocycles. The third-order valence-corrected chi connectivity index (χ3v) is 3.91. The van der Waals surface area contributed by atoms with Gasteiger partial charge in [0.1, 0.15) is 12.1 Å². The number of carbonyl (C=O) groups excluding carboxylic acids is 1. The number of aldehydes is 1. The number of aryl methyl sites for hydroxylation is 1. The van der Waals surface area contributed by atoms with Crippen molar-refractivity contribution in [1.29, 1.82) is 0 Å². The molecule has 0 atom stereocenters. The fraction of sp³-hybridized carbons (Fsp3) is 0.318. The summed E-state index contributed by atoms with van der Waals surface area (Å²) in [4.78, 5) is 9.64. The number of hydrogen-bond donors (Lipinski definition) is 1. The Kier molecular flexibility index (Phi) is 9.48. The van der Waals surface area contributed by atoms with E-state index in [9.17, 15) is 9.18 Å². The average molecular weight is 358 g/mol. The van der Waals surface area contributed by atoms with Crippen molar-refractivity contribution in [3.8, 4) is 11.1 Å². The van der Waals surface area contributed by atoms with Crippen LogP contribution in [0.5, 0.6) is 0 Å². The van der Waals surface area contributed by atoms with E-state index in [2.05, 4.69) is 6.58 Å². The molecule has 26 heavy (non-hydrogen) atoms. The highest BCUT2D eigenvalue weighted by molar-refractivity contribution is 5.71. The van der Waals surface area contributed by atoms with Crippen molar-refractivity contribution in [2.75, 3.05) is 13.7 Å². The summed E-state index contributed by atoms with van der Waals surface area (Å²) in [6.45, 7) is 7.71. The standard InChI is InChI=1S/C17H19FO2.C5H8O/c1-12-3-5-16(17(18)9-12)15-6-4-13(7-8-19)10-14(15)11-20-2;1-3-5(2)4-6/h3-6,9-10,19H,7-8,11H2,1-2H3;4H,2-3H2,1H3. The lowest BCUT2D eigenvalue weighted by atomic mass is 9.96. The first-order valence-corrected chi connectivity index (χ1v) is 8.57. The smallest absolute Gasteiger partial charge is 0.145 e. The molecule has 0 fully saturated rings. The van der Waals surface area contributed by atoms with E-state index in [1.54, 1.807) is 13.2 Å². The van der Waals surface area contributed by atoms with Gasteiger partial charge in [-0.1, -0.05) is 43.8 Å². The molecule has 2 aromatic carbocycles. The first-order valence-electron chi connectivity index (χ1n) is 8.57. The monoisotopic (exact) mass is 358 g/mol. The van der Waals surface area contributed by atoms with Crippen LogP contribution in [0.15, 0.2) is 48.6 Å². The van der Waals surface area contributed by atoms with Crippen LogP contribution in [0, 0.1) is 12.7 Å². The van der Waals surface area contributed by atoms with Crippen molar-refractivity contribution >= 4 is 6.29 Å². The van der Waals surface area contributed by atoms with E-state index in [1.807, 2.05) is 38.1 Å². The second kappa shape index (κ2) is 11.3. The molecule has 2 aromatic rings. The fourth-order valence-electron chi connectivity index (χ4n) is 2.39. The van der Waals surface area contributed by atoms with Gasteiger partial charge < -0.3 is 9.84 Å². The molecular formula is C22H27FO3. The molecule has 0 aromatic heterocycles. The second-order valence-corrected chi connectivity index (χ2v) is 6.01. The van der Waals surface area contributed by atoms with Crippen molar-refractivity contribution in [2.45, 2.75) is 33.3 Å². The van der Waals surface area contributed by atoms with Crippen LogP contribution in [-0.4, -0.2) is 25.1 Å². The third-order valence-electron chi connectivity index (χ3n) is 3.91. The van der Waals surface area contributed by atoms with Gasteiger partial charge in [0.15, 0.2) is 0 Å². The first kappa shape index (κ1) is 21.7. The third kappa shape index (κ3) is 6.54. The Bertz CT molecular complexity index is 738. The van der Waals surface area contributed by atoms with E-state index in [4.69, 9.17) is 9.84 Å². The minimum Gasteiger partial charge on any atom is -0.396 e. The van der Waals surface area contributed by atoms with Gasteiger partial charge in [-0.15, -0.1) is 0 Å². The number of allylic oxidation sites excluding steroid dienone is 1. The van der Waals surface area contributed by atoms with Gasteiger partial charge in [0, 0.05) is 19.3 Å². The second-order valence-electron chi connectivity index (χ2n) is 6.01. The van der Waals surface area contributed by atoms with Crippen molar-refractivity contribution in [2.24, 2.45) is 0 Å². The average Bonchev–Trinajstić information content (AvgIpc) is 2.63. The SMILES string of the molecule is C=C(C=O)CC.COCc1cc(CCO)ccc1-c1ccc(C)cc1F. The fourth-order valence-corrected chi connectivity index (χ4v) is 2.39. The van der Waals surface area contributed by atoms with Crippen LogP contribution in [0.1, 0.15) is 30.0 Å². The molecule has 2 rings (SSSR count). The maximum absolute atomic E-state index is 14.1. The predicted molar refractivity (Wildman–Crippen MR) is 104 cm³/mol. The number of benzene rings is 2. The summed E-state index contributed by atoms with van der Waals surface area (Å²) in [6.07, 6.45) is 2.14. The summed E-state index contributed by atoms with van der Waals surface area (Å²) >= 11 is 0. The number of halogens is 1. The highest BCUT2D eigenvalue weighted by Gasteiger charge is 2.11. The summed E-state index contributed by atoms with van der Waals surface area (Å²) in [7, 11) is 1.62. The molecule has 0 radical (unpaired) electrons. The van der Waals surface area contributed by atoms with E-state index < -0.39 is 0 Å². The van der Waals surface area contributed by atoms with Crippen LogP contribution in [-0.2, 0) is 22.6 Å². The lowest BCUT2D eigenvalue weighted by molar-refractivity contribution is -0.105. The van der Waals surface area contributed by atoms with E-state index in [1.165, 1.54) is 6.07 Å². The van der Waals surface area contributed by atoms with Gasteiger partial charge in [-0.05, 0) is 53.7 Å². The van der Waals surface area contributed by atoms with E-state index in [0.717, 1.165) is 35.0 Å². The molecule has 140 valence electrons. The van der Waals surface area contributed by atoms with Gasteiger partial charge in [0.2, 0.25) is 0 Å². The van der Waals surface area contributed by atoms with E-state index in [0.29, 0.717) is 24.2 Å². The van der Waals surface area contributed by atoms with Crippen molar-refractivity contribution in [1.82, 2.24) is 0 Å². The Hall–Kier alpha value is -2.30. The predicted octanol–water partition coefficient (Wildman–Crippen LogP) is 4.63. The summed E-state index contributed by atoms with van der Waals surface area (Å²) in [5, 5.41) is 9.01. The molecule has 0 heterocycles. The number of hydrogen-bond acceptors (Lipinski definition) is 3. The Morgan fingerprint density at radius 1 is 1.23 bits per heavy atom. The molecule has 0 amide bonds. The molecular weight excluding hydrogens is 331 g/mol. The quantitative estimate of drug-likeness (QED) is 0.580. The van der Waals surface area contributed by atoms with Gasteiger partial charge in [0.25, 0.3) is 0 Å². The highest BCUT2D eigenvalue weighted by atomic mass is 19.1. The molecule has 3 nitrogen and oxygen atoms in total. The van der Waals surface area contributed by atoms with Gasteiger partial charge in [-0.3, -0.25) is 4.79 Å². The number of carbonyl (C=O) groups is 1. The zero-order valence-electron chi connectivity index (χ0n) is 15.7. The van der Waals surface area contributed by atoms with Crippen LogP contribution in [0.3, 0.4) is 0 Å². The largest absolute Gasteiger partial charge is 0.396 e. The Labute approximate surface area is 155 Å². The summed E-state index contributed by atoms with van der Waals surface area (Å²) < 4.78 is 19.3. The van der Waals surface area contributed by atoms with E-state index >= 15 is 0 Å². The van der Waals surface area contributed by atoms with Crippen molar-refractivity contribution in [3.05, 3.63) is 71.1 Å². The minimum absolute atomic E-state index is 0.102. The Balaban J connectivity index is 0.000000487. The summed E-state index contributed by atoms with van der Waals surface area (Å²) in [5.41, 5.74) is 4.94. The van der Waals surface area contributed by atoms with Crippen LogP contribution in [0.25, 0.3) is 11.1 Å². The number of methoxy groups -OCH3 is 1. The van der Waals surface area contributed by atoms with Crippen molar-refractivity contribution < 1.29 is 19.0 Å². The van der Waals surface area contributed by atoms with Crippen molar-refractivity contribution in [3.63, 3.8) is 0 Å². The lowest BCUT2D eigenvalue weighted by Gasteiger charge is -2.12. The molecule has 0 aliphatic carbocycles. The molecule has 0 aliphatic rings. The van der Waals surface area contributed by atoms with Gasteiger partial charge in [0.05, 0.1) is 6.61 Å². The minimum atomic E-state index is -0.225. The summed E-state index contributed by atoms with van der Waals surface area (Å²) in [6, 6.07) is 11.0. The zero-order chi connectivity index (χ0) is 19.5. The highest BCUT2D eigenvalue weighted by Crippen LogP contribution is 2.28. The number of ether oxygens (including phenoxy) is 1. The number of aliphatic hydroxyl groups excluding tert-OH is 1. The lowest BCUT2D eigenvalue weighted by Crippen LogP contribution is -1.98. The molecule has 0 unspecified atom stereocenters. The Morgan fingerprint density at radius 3 is 2.42 bits per heavy atom. The van der Waals surface area contributed by atoms with Gasteiger partial charge >= 0.3 is 0 Å². The molecule has 0 spiro atoms.